The highest BCUT2D eigenvalue weighted by molar-refractivity contribution is 4.88. The second-order valence-corrected chi connectivity index (χ2v) is 4.88. The van der Waals surface area contributed by atoms with Crippen LogP contribution in [0, 0.1) is 5.92 Å². The van der Waals surface area contributed by atoms with Crippen LogP contribution in [0.1, 0.15) is 25.7 Å². The van der Waals surface area contributed by atoms with E-state index >= 15 is 0 Å². The molecule has 0 aromatic heterocycles. The highest BCUT2D eigenvalue weighted by Crippen LogP contribution is 2.26. The largest absolute Gasteiger partial charge is 0.390 e. The van der Waals surface area contributed by atoms with Gasteiger partial charge in [0, 0.05) is 25.7 Å². The first-order valence-electron chi connectivity index (χ1n) is 5.86. The van der Waals surface area contributed by atoms with Gasteiger partial charge in [0.1, 0.15) is 0 Å². The zero-order valence-corrected chi connectivity index (χ0v) is 9.08. The Morgan fingerprint density at radius 1 is 1.29 bits per heavy atom. The summed E-state index contributed by atoms with van der Waals surface area (Å²) in [5.74, 6) is 0.882. The van der Waals surface area contributed by atoms with Gasteiger partial charge in [-0.25, -0.2) is 0 Å². The van der Waals surface area contributed by atoms with Crippen molar-refractivity contribution in [3.63, 3.8) is 0 Å². The average molecular weight is 198 g/mol. The second kappa shape index (κ2) is 4.60. The van der Waals surface area contributed by atoms with Crippen molar-refractivity contribution in [2.24, 2.45) is 5.92 Å². The van der Waals surface area contributed by atoms with Crippen LogP contribution in [0.15, 0.2) is 0 Å². The molecule has 0 bridgehead atoms. The molecule has 0 aromatic rings. The lowest BCUT2D eigenvalue weighted by Gasteiger charge is -2.28. The number of aliphatic hydroxyl groups is 1. The van der Waals surface area contributed by atoms with E-state index in [0.29, 0.717) is 6.04 Å². The molecule has 3 heteroatoms. The predicted octanol–water partition coefficient (Wildman–Crippen LogP) is 0.441. The summed E-state index contributed by atoms with van der Waals surface area (Å²) in [4.78, 5) is 2.35. The van der Waals surface area contributed by atoms with Crippen LogP contribution in [-0.2, 0) is 0 Å². The maximum atomic E-state index is 9.73. The number of nitrogens with one attached hydrogen (secondary N) is 1. The van der Waals surface area contributed by atoms with Crippen molar-refractivity contribution in [1.29, 1.82) is 0 Å². The van der Waals surface area contributed by atoms with Crippen LogP contribution >= 0.6 is 0 Å². The number of likely N-dealkylation sites (N-methyl/N-ethyl adjacent to an activating group) is 1. The average Bonchev–Trinajstić information content (AvgIpc) is 2.75. The molecule has 2 rings (SSSR count). The highest BCUT2D eigenvalue weighted by Gasteiger charge is 2.29. The molecule has 2 fully saturated rings. The van der Waals surface area contributed by atoms with E-state index in [-0.39, 0.29) is 6.10 Å². The van der Waals surface area contributed by atoms with Gasteiger partial charge in [-0.2, -0.15) is 0 Å². The molecule has 0 amide bonds. The fourth-order valence-corrected chi connectivity index (χ4v) is 2.84. The van der Waals surface area contributed by atoms with Gasteiger partial charge in [0.05, 0.1) is 6.10 Å². The summed E-state index contributed by atoms with van der Waals surface area (Å²) in [7, 11) is 2.15. The Kier molecular flexibility index (Phi) is 3.42. The molecule has 0 aromatic carbocycles. The summed E-state index contributed by atoms with van der Waals surface area (Å²) in [6.07, 6.45) is 5.43. The summed E-state index contributed by atoms with van der Waals surface area (Å²) in [6.45, 7) is 2.88. The summed E-state index contributed by atoms with van der Waals surface area (Å²) >= 11 is 0. The number of aliphatic hydroxyl groups excluding tert-OH is 1. The second-order valence-electron chi connectivity index (χ2n) is 4.88. The third kappa shape index (κ3) is 2.27. The quantitative estimate of drug-likeness (QED) is 0.691. The molecule has 1 saturated carbocycles. The van der Waals surface area contributed by atoms with Gasteiger partial charge in [0.2, 0.25) is 0 Å². The Bertz CT molecular complexity index is 180. The van der Waals surface area contributed by atoms with Gasteiger partial charge in [-0.05, 0) is 25.8 Å². The van der Waals surface area contributed by atoms with Crippen LogP contribution in [-0.4, -0.2) is 48.8 Å². The van der Waals surface area contributed by atoms with Crippen LogP contribution in [0.4, 0.5) is 0 Å². The molecule has 0 radical (unpaired) electrons. The first-order chi connectivity index (χ1) is 6.77. The van der Waals surface area contributed by atoms with Crippen LogP contribution in [0.3, 0.4) is 0 Å². The molecule has 3 nitrogen and oxygen atoms in total. The molecule has 1 aliphatic carbocycles. The Balaban J connectivity index is 1.78. The fraction of sp³-hybridized carbons (Fsp3) is 1.00. The molecular weight excluding hydrogens is 176 g/mol. The third-order valence-electron chi connectivity index (χ3n) is 3.74. The van der Waals surface area contributed by atoms with E-state index in [1.54, 1.807) is 0 Å². The summed E-state index contributed by atoms with van der Waals surface area (Å²) in [5, 5.41) is 13.0. The number of β-amino-alcohol motifs (C(OH)–C–C–N with tert-alkyl or cyclic N) is 1. The van der Waals surface area contributed by atoms with E-state index in [4.69, 9.17) is 0 Å². The van der Waals surface area contributed by atoms with Crippen LogP contribution in [0.2, 0.25) is 0 Å². The van der Waals surface area contributed by atoms with E-state index in [1.165, 1.54) is 32.2 Å². The zero-order valence-electron chi connectivity index (χ0n) is 9.08. The molecule has 2 aliphatic rings. The first kappa shape index (κ1) is 10.4. The van der Waals surface area contributed by atoms with E-state index in [9.17, 15) is 5.11 Å². The van der Waals surface area contributed by atoms with Crippen molar-refractivity contribution < 1.29 is 5.11 Å². The Labute approximate surface area is 86.5 Å². The van der Waals surface area contributed by atoms with Gasteiger partial charge in [-0.3, -0.25) is 4.90 Å². The van der Waals surface area contributed by atoms with Gasteiger partial charge in [0.15, 0.2) is 0 Å². The van der Waals surface area contributed by atoms with Crippen molar-refractivity contribution in [3.05, 3.63) is 0 Å². The maximum Gasteiger partial charge on any atom is 0.0831 e. The van der Waals surface area contributed by atoms with Gasteiger partial charge in [-0.15, -0.1) is 0 Å². The lowest BCUT2D eigenvalue weighted by molar-refractivity contribution is 0.0902. The Hall–Kier alpha value is -0.120. The minimum Gasteiger partial charge on any atom is -0.390 e. The number of hydrogen-bond acceptors (Lipinski definition) is 3. The minimum atomic E-state index is -0.165. The Morgan fingerprint density at radius 2 is 2.00 bits per heavy atom. The van der Waals surface area contributed by atoms with Gasteiger partial charge in [0.25, 0.3) is 0 Å². The molecule has 1 saturated heterocycles. The van der Waals surface area contributed by atoms with Crippen molar-refractivity contribution in [1.82, 2.24) is 10.2 Å². The highest BCUT2D eigenvalue weighted by atomic mass is 16.3. The zero-order chi connectivity index (χ0) is 9.97. The minimum absolute atomic E-state index is 0.165. The molecule has 1 heterocycles. The monoisotopic (exact) mass is 198 g/mol. The Morgan fingerprint density at radius 3 is 2.57 bits per heavy atom. The molecule has 82 valence electrons. The lowest BCUT2D eigenvalue weighted by atomic mass is 10.1. The molecule has 0 spiro atoms. The van der Waals surface area contributed by atoms with E-state index in [2.05, 4.69) is 17.3 Å². The first-order valence-corrected chi connectivity index (χ1v) is 5.86. The number of hydrogen-bond donors (Lipinski definition) is 2. The SMILES string of the molecule is CN(CC1CCCC1)C1CNCC1O. The predicted molar refractivity (Wildman–Crippen MR) is 57.3 cm³/mol. The maximum absolute atomic E-state index is 9.73. The smallest absolute Gasteiger partial charge is 0.0831 e. The third-order valence-corrected chi connectivity index (χ3v) is 3.74. The fourth-order valence-electron chi connectivity index (χ4n) is 2.84. The summed E-state index contributed by atoms with van der Waals surface area (Å²) in [6, 6.07) is 0.343. The lowest BCUT2D eigenvalue weighted by Crippen LogP contribution is -2.42. The molecule has 2 N–H and O–H groups in total. The van der Waals surface area contributed by atoms with Crippen LogP contribution in [0.25, 0.3) is 0 Å². The molecular formula is C11H22N2O. The summed E-state index contributed by atoms with van der Waals surface area (Å²) < 4.78 is 0. The molecule has 2 atom stereocenters. The number of rotatable bonds is 3. The van der Waals surface area contributed by atoms with Crippen LogP contribution in [0.5, 0.6) is 0 Å². The standard InChI is InChI=1S/C11H22N2O/c1-13(8-9-4-2-3-5-9)10-6-12-7-11(10)14/h9-12,14H,2-8H2,1H3. The summed E-state index contributed by atoms with van der Waals surface area (Å²) in [5.41, 5.74) is 0. The van der Waals surface area contributed by atoms with Gasteiger partial charge < -0.3 is 10.4 Å². The molecule has 14 heavy (non-hydrogen) atoms. The number of nitrogens with zero attached hydrogens (tertiary/aromatic N) is 1. The molecule has 1 aliphatic heterocycles. The van der Waals surface area contributed by atoms with Gasteiger partial charge >= 0.3 is 0 Å². The van der Waals surface area contributed by atoms with Crippen molar-refractivity contribution in [3.8, 4) is 0 Å². The normalized spacial score (nSPS) is 34.5. The molecule has 2 unspecified atom stereocenters. The van der Waals surface area contributed by atoms with Gasteiger partial charge in [-0.1, -0.05) is 12.8 Å². The van der Waals surface area contributed by atoms with Crippen LogP contribution < -0.4 is 5.32 Å². The van der Waals surface area contributed by atoms with Crippen molar-refractivity contribution >= 4 is 0 Å². The van der Waals surface area contributed by atoms with Crippen molar-refractivity contribution in [2.45, 2.75) is 37.8 Å². The topological polar surface area (TPSA) is 35.5 Å². The van der Waals surface area contributed by atoms with E-state index in [0.717, 1.165) is 19.0 Å². The van der Waals surface area contributed by atoms with E-state index in [1.807, 2.05) is 0 Å². The van der Waals surface area contributed by atoms with Crippen molar-refractivity contribution in [2.75, 3.05) is 26.7 Å². The van der Waals surface area contributed by atoms with E-state index < -0.39 is 0 Å².